The Bertz CT molecular complexity index is 1330. The molecular weight excluding hydrogens is 412 g/mol. The number of carbonyl (C=O) groups excluding carboxylic acids is 1. The number of pyridine rings is 1. The fraction of sp³-hybridized carbons (Fsp3) is 0.231. The molecule has 1 atom stereocenters. The second-order valence-corrected chi connectivity index (χ2v) is 8.93. The van der Waals surface area contributed by atoms with Gasteiger partial charge in [0.1, 0.15) is 5.65 Å². The Morgan fingerprint density at radius 1 is 1.00 bits per heavy atom. The number of piperidine rings is 1. The number of H-pyrrole nitrogens is 1. The van der Waals surface area contributed by atoms with E-state index in [4.69, 9.17) is 5.73 Å². The number of nitrogens with zero attached hydrogens (tertiary/aromatic N) is 2. The molecule has 0 radical (unpaired) electrons. The summed E-state index contributed by atoms with van der Waals surface area (Å²) in [6, 6.07) is 20.9. The molecule has 4 heterocycles. The van der Waals surface area contributed by atoms with Gasteiger partial charge in [0.2, 0.25) is 0 Å². The van der Waals surface area contributed by atoms with Gasteiger partial charge in [-0.3, -0.25) is 9.69 Å². The summed E-state index contributed by atoms with van der Waals surface area (Å²) in [5.41, 5.74) is 18.6. The van der Waals surface area contributed by atoms with Crippen LogP contribution >= 0.6 is 0 Å². The molecule has 7 heteroatoms. The Morgan fingerprint density at radius 3 is 2.61 bits per heavy atom. The Balaban J connectivity index is 1.38. The first-order chi connectivity index (χ1) is 16.2. The van der Waals surface area contributed by atoms with Gasteiger partial charge < -0.3 is 16.1 Å². The smallest absolute Gasteiger partial charge is 0.173 e. The molecule has 2 aromatic heterocycles. The number of anilines is 1. The average Bonchev–Trinajstić information content (AvgIpc) is 3.46. The van der Waals surface area contributed by atoms with Crippen LogP contribution in [0.1, 0.15) is 18.4 Å². The lowest BCUT2D eigenvalue weighted by atomic mass is 9.92. The highest BCUT2D eigenvalue weighted by atomic mass is 16.1. The second-order valence-electron chi connectivity index (χ2n) is 8.93. The van der Waals surface area contributed by atoms with E-state index in [-0.39, 0.29) is 6.04 Å². The number of hydrogen-bond acceptors (Lipinski definition) is 6. The maximum atomic E-state index is 12.4. The van der Waals surface area contributed by atoms with Gasteiger partial charge in [-0.05, 0) is 48.2 Å². The van der Waals surface area contributed by atoms with Crippen molar-refractivity contribution in [2.75, 3.05) is 18.5 Å². The maximum Gasteiger partial charge on any atom is 0.173 e. The third-order valence-electron chi connectivity index (χ3n) is 6.92. The fourth-order valence-corrected chi connectivity index (χ4v) is 4.99. The van der Waals surface area contributed by atoms with Crippen LogP contribution in [-0.2, 0) is 10.5 Å². The van der Waals surface area contributed by atoms with Crippen molar-refractivity contribution in [2.24, 2.45) is 5.73 Å². The van der Waals surface area contributed by atoms with E-state index in [1.807, 2.05) is 30.5 Å². The van der Waals surface area contributed by atoms with Gasteiger partial charge in [0.05, 0.1) is 5.69 Å². The van der Waals surface area contributed by atoms with Crippen LogP contribution in [0.4, 0.5) is 5.69 Å². The first-order valence-corrected chi connectivity index (χ1v) is 11.4. The Kier molecular flexibility index (Phi) is 4.76. The van der Waals surface area contributed by atoms with Gasteiger partial charge in [-0.2, -0.15) is 0 Å². The van der Waals surface area contributed by atoms with Crippen LogP contribution in [0.25, 0.3) is 33.4 Å². The van der Waals surface area contributed by atoms with Crippen molar-refractivity contribution in [1.29, 1.82) is 0 Å². The largest absolute Gasteiger partial charge is 0.339 e. The Morgan fingerprint density at radius 2 is 1.82 bits per heavy atom. The highest BCUT2D eigenvalue weighted by Crippen LogP contribution is 2.39. The first kappa shape index (κ1) is 20.1. The number of hydrogen-bond donors (Lipinski definition) is 4. The van der Waals surface area contributed by atoms with Crippen LogP contribution in [0.15, 0.2) is 66.9 Å². The molecule has 7 nitrogen and oxygen atoms in total. The number of nitrogens with one attached hydrogen (secondary N) is 3. The van der Waals surface area contributed by atoms with E-state index in [0.717, 1.165) is 76.9 Å². The van der Waals surface area contributed by atoms with Crippen molar-refractivity contribution in [3.63, 3.8) is 0 Å². The quantitative estimate of drug-likeness (QED) is 0.364. The SMILES string of the molecule is NC1CCN(C2(C=O)NNc3ccc(-c4cnc5[nH]c(-c6ccccc6)cc5c4)cc32)CC1. The summed E-state index contributed by atoms with van der Waals surface area (Å²) < 4.78 is 0. The number of aromatic nitrogens is 2. The highest BCUT2D eigenvalue weighted by Gasteiger charge is 2.45. The summed E-state index contributed by atoms with van der Waals surface area (Å²) in [7, 11) is 0. The number of benzene rings is 2. The lowest BCUT2D eigenvalue weighted by Crippen LogP contribution is -2.59. The van der Waals surface area contributed by atoms with Crippen molar-refractivity contribution < 1.29 is 4.79 Å². The van der Waals surface area contributed by atoms with E-state index in [2.05, 4.69) is 62.1 Å². The number of aromatic amines is 1. The predicted octanol–water partition coefficient (Wildman–Crippen LogP) is 3.60. The first-order valence-electron chi connectivity index (χ1n) is 11.4. The van der Waals surface area contributed by atoms with Gasteiger partial charge in [-0.1, -0.05) is 36.4 Å². The number of aldehydes is 1. The van der Waals surface area contributed by atoms with Crippen LogP contribution < -0.4 is 16.6 Å². The number of carbonyl (C=O) groups is 1. The molecule has 2 aromatic carbocycles. The molecule has 4 aromatic rings. The summed E-state index contributed by atoms with van der Waals surface area (Å²) in [6.07, 6.45) is 4.65. The van der Waals surface area contributed by atoms with Gasteiger partial charge in [-0.25, -0.2) is 10.4 Å². The molecule has 1 unspecified atom stereocenters. The number of hydrazine groups is 1. The minimum atomic E-state index is -0.891. The zero-order valence-electron chi connectivity index (χ0n) is 18.2. The van der Waals surface area contributed by atoms with E-state index >= 15 is 0 Å². The van der Waals surface area contributed by atoms with E-state index in [0.29, 0.717) is 0 Å². The van der Waals surface area contributed by atoms with Crippen molar-refractivity contribution >= 4 is 23.0 Å². The fourth-order valence-electron chi connectivity index (χ4n) is 4.99. The van der Waals surface area contributed by atoms with E-state index in [1.165, 1.54) is 0 Å². The molecule has 5 N–H and O–H groups in total. The Labute approximate surface area is 192 Å². The van der Waals surface area contributed by atoms with Crippen LogP contribution in [0.5, 0.6) is 0 Å². The summed E-state index contributed by atoms with van der Waals surface area (Å²) in [5.74, 6) is 0. The zero-order valence-corrected chi connectivity index (χ0v) is 18.2. The molecule has 0 bridgehead atoms. The van der Waals surface area contributed by atoms with E-state index in [9.17, 15) is 4.79 Å². The van der Waals surface area contributed by atoms with E-state index < -0.39 is 5.66 Å². The molecule has 166 valence electrons. The second kappa shape index (κ2) is 7.81. The molecule has 0 spiro atoms. The number of nitrogens with two attached hydrogens (primary N) is 1. The lowest BCUT2D eigenvalue weighted by Gasteiger charge is -2.40. The molecule has 0 saturated carbocycles. The minimum Gasteiger partial charge on any atom is -0.339 e. The summed E-state index contributed by atoms with van der Waals surface area (Å²) >= 11 is 0. The van der Waals surface area contributed by atoms with Crippen molar-refractivity contribution in [3.05, 3.63) is 72.4 Å². The minimum absolute atomic E-state index is 0.199. The molecule has 2 aliphatic rings. The molecule has 1 fully saturated rings. The molecular formula is C26H26N6O. The lowest BCUT2D eigenvalue weighted by molar-refractivity contribution is -0.121. The Hall–Kier alpha value is -3.52. The predicted molar refractivity (Wildman–Crippen MR) is 130 cm³/mol. The van der Waals surface area contributed by atoms with Gasteiger partial charge >= 0.3 is 0 Å². The molecule has 0 aliphatic carbocycles. The monoisotopic (exact) mass is 438 g/mol. The van der Waals surface area contributed by atoms with Gasteiger partial charge in [0, 0.05) is 47.5 Å². The molecule has 2 aliphatic heterocycles. The van der Waals surface area contributed by atoms with Gasteiger partial charge in [-0.15, -0.1) is 0 Å². The topological polar surface area (TPSA) is 99.1 Å². The van der Waals surface area contributed by atoms with Crippen molar-refractivity contribution in [2.45, 2.75) is 24.5 Å². The van der Waals surface area contributed by atoms with Crippen LogP contribution in [0.3, 0.4) is 0 Å². The molecule has 1 saturated heterocycles. The molecule has 0 amide bonds. The van der Waals surface area contributed by atoms with Crippen molar-refractivity contribution in [3.8, 4) is 22.4 Å². The van der Waals surface area contributed by atoms with Crippen LogP contribution in [-0.4, -0.2) is 40.3 Å². The standard InChI is InChI=1S/C26H26N6O/c27-21-8-10-32(11-9-21)26(16-33)22-13-18(6-7-23(22)30-31-26)20-12-19-14-24(29-25(19)28-15-20)17-4-2-1-3-5-17/h1-7,12-16,21,30-31H,8-11,27H2,(H,28,29). The molecule has 6 rings (SSSR count). The number of likely N-dealkylation sites (tertiary alicyclic amines) is 1. The van der Waals surface area contributed by atoms with Crippen molar-refractivity contribution in [1.82, 2.24) is 20.3 Å². The summed E-state index contributed by atoms with van der Waals surface area (Å²) in [6.45, 7) is 1.55. The average molecular weight is 439 g/mol. The normalized spacial score (nSPS) is 21.1. The third-order valence-corrected chi connectivity index (χ3v) is 6.92. The number of fused-ring (bicyclic) bond motifs is 2. The van der Waals surface area contributed by atoms with Gasteiger partial charge in [0.25, 0.3) is 0 Å². The maximum absolute atomic E-state index is 12.4. The van der Waals surface area contributed by atoms with Gasteiger partial charge in [0.15, 0.2) is 11.9 Å². The number of rotatable bonds is 4. The molecule has 33 heavy (non-hydrogen) atoms. The zero-order chi connectivity index (χ0) is 22.4. The van der Waals surface area contributed by atoms with Crippen LogP contribution in [0.2, 0.25) is 0 Å². The van der Waals surface area contributed by atoms with Crippen LogP contribution in [0, 0.1) is 0 Å². The third kappa shape index (κ3) is 3.33. The highest BCUT2D eigenvalue weighted by molar-refractivity contribution is 5.87. The summed E-state index contributed by atoms with van der Waals surface area (Å²) in [4.78, 5) is 22.7. The van der Waals surface area contributed by atoms with E-state index in [1.54, 1.807) is 0 Å². The summed E-state index contributed by atoms with van der Waals surface area (Å²) in [5, 5.41) is 1.05.